The van der Waals surface area contributed by atoms with E-state index in [0.717, 1.165) is 31.1 Å². The summed E-state index contributed by atoms with van der Waals surface area (Å²) >= 11 is 0. The van der Waals surface area contributed by atoms with Gasteiger partial charge in [0.05, 0.1) is 17.3 Å². The summed E-state index contributed by atoms with van der Waals surface area (Å²) in [5.41, 5.74) is -1.73. The number of carbonyl (C=O) groups excluding carboxylic acids is 3. The van der Waals surface area contributed by atoms with E-state index in [2.05, 4.69) is 6.92 Å². The normalized spacial score (nSPS) is 45.2. The molecule has 200 valence electrons. The Morgan fingerprint density at radius 3 is 2.25 bits per heavy atom. The molecule has 5 atom stereocenters. The fourth-order valence-electron chi connectivity index (χ4n) is 9.51. The molecule has 0 N–H and O–H groups in total. The van der Waals surface area contributed by atoms with Crippen molar-refractivity contribution in [2.75, 3.05) is 0 Å². The number of hydrogen-bond acceptors (Lipinski definition) is 6. The molecule has 5 unspecified atom stereocenters. The average molecular weight is 501 g/mol. The molecule has 6 saturated carbocycles. The lowest BCUT2D eigenvalue weighted by Crippen LogP contribution is -2.58. The monoisotopic (exact) mass is 500 g/mol. The molecule has 6 nitrogen and oxygen atoms in total. The van der Waals surface area contributed by atoms with E-state index in [9.17, 15) is 14.4 Å². The van der Waals surface area contributed by atoms with Crippen molar-refractivity contribution in [3.8, 4) is 0 Å². The molecule has 0 spiro atoms. The highest BCUT2D eigenvalue weighted by molar-refractivity contribution is 5.79. The van der Waals surface area contributed by atoms with Crippen LogP contribution in [0.25, 0.3) is 0 Å². The molecule has 0 radical (unpaired) electrons. The van der Waals surface area contributed by atoms with E-state index in [1.54, 1.807) is 0 Å². The highest BCUT2D eigenvalue weighted by atomic mass is 16.6. The first-order chi connectivity index (χ1) is 17.0. The van der Waals surface area contributed by atoms with Crippen LogP contribution in [0.15, 0.2) is 0 Å². The molecule has 36 heavy (non-hydrogen) atoms. The van der Waals surface area contributed by atoms with Crippen molar-refractivity contribution in [2.24, 2.45) is 46.8 Å². The highest BCUT2D eigenvalue weighted by Crippen LogP contribution is 2.60. The molecule has 0 aromatic rings. The van der Waals surface area contributed by atoms with Crippen molar-refractivity contribution >= 4 is 17.9 Å². The second-order valence-corrected chi connectivity index (χ2v) is 14.4. The van der Waals surface area contributed by atoms with Crippen LogP contribution in [0.2, 0.25) is 0 Å². The molecule has 0 amide bonds. The molecule has 2 heterocycles. The topological polar surface area (TPSA) is 78.9 Å². The molecule has 0 aromatic heterocycles. The van der Waals surface area contributed by atoms with Crippen LogP contribution in [0.1, 0.15) is 105 Å². The molecule has 2 saturated heterocycles. The van der Waals surface area contributed by atoms with Crippen molar-refractivity contribution in [3.63, 3.8) is 0 Å². The number of rotatable bonds is 7. The van der Waals surface area contributed by atoms with Gasteiger partial charge in [0, 0.05) is 12.8 Å². The Labute approximate surface area is 215 Å². The fourth-order valence-corrected chi connectivity index (χ4v) is 9.51. The Hall–Kier alpha value is -1.59. The molecular weight excluding hydrogens is 456 g/mol. The Bertz CT molecular complexity index is 910. The molecular formula is C30H44O6. The van der Waals surface area contributed by atoms with Gasteiger partial charge >= 0.3 is 17.9 Å². The summed E-state index contributed by atoms with van der Waals surface area (Å²) in [5, 5.41) is 0. The summed E-state index contributed by atoms with van der Waals surface area (Å²) in [6.07, 6.45) is 10.8. The first-order valence-electron chi connectivity index (χ1n) is 14.7. The maximum atomic E-state index is 13.6. The Balaban J connectivity index is 1.12. The van der Waals surface area contributed by atoms with Crippen LogP contribution >= 0.6 is 0 Å². The summed E-state index contributed by atoms with van der Waals surface area (Å²) < 4.78 is 18.4. The Morgan fingerprint density at radius 1 is 0.944 bits per heavy atom. The summed E-state index contributed by atoms with van der Waals surface area (Å²) in [7, 11) is 0. The van der Waals surface area contributed by atoms with Gasteiger partial charge in [-0.25, -0.2) is 0 Å². The standard InChI is InChI=1S/C30H44O6/c1-5-20(26(32)35-30-13-19-7-21(15-30)25(31)34-24(12-19)16-30)14-28(2,3)27(33)36-29(4)22-8-17-6-18(10-22)11-23(29)9-17/h17-24H,5-16H2,1-4H3. The minimum absolute atomic E-state index is 0.116. The van der Waals surface area contributed by atoms with E-state index in [1.165, 1.54) is 32.1 Å². The largest absolute Gasteiger partial charge is 0.462 e. The Morgan fingerprint density at radius 2 is 1.61 bits per heavy atom. The quantitative estimate of drug-likeness (QED) is 0.334. The number of esters is 3. The molecule has 8 rings (SSSR count). The molecule has 8 bridgehead atoms. The van der Waals surface area contributed by atoms with Crippen molar-refractivity contribution in [3.05, 3.63) is 0 Å². The third-order valence-corrected chi connectivity index (χ3v) is 11.2. The first-order valence-corrected chi connectivity index (χ1v) is 14.7. The van der Waals surface area contributed by atoms with E-state index in [-0.39, 0.29) is 41.4 Å². The maximum absolute atomic E-state index is 13.6. The minimum Gasteiger partial charge on any atom is -0.462 e. The zero-order valence-electron chi connectivity index (χ0n) is 22.6. The van der Waals surface area contributed by atoms with Gasteiger partial charge in [-0.1, -0.05) is 6.92 Å². The van der Waals surface area contributed by atoms with Crippen LogP contribution in [-0.4, -0.2) is 35.2 Å². The van der Waals surface area contributed by atoms with Gasteiger partial charge in [0.25, 0.3) is 0 Å². The lowest BCUT2D eigenvalue weighted by atomic mass is 9.50. The minimum atomic E-state index is -0.769. The van der Waals surface area contributed by atoms with Gasteiger partial charge in [-0.05, 0) is 115 Å². The molecule has 0 aromatic carbocycles. The zero-order chi connectivity index (χ0) is 25.5. The molecule has 6 heteroatoms. The zero-order valence-corrected chi connectivity index (χ0v) is 22.6. The maximum Gasteiger partial charge on any atom is 0.312 e. The third kappa shape index (κ3) is 4.09. The number of ether oxygens (including phenoxy) is 3. The van der Waals surface area contributed by atoms with Gasteiger partial charge < -0.3 is 14.2 Å². The van der Waals surface area contributed by atoms with Crippen LogP contribution < -0.4 is 0 Å². The molecule has 8 fully saturated rings. The van der Waals surface area contributed by atoms with Crippen molar-refractivity contribution in [1.29, 1.82) is 0 Å². The van der Waals surface area contributed by atoms with E-state index >= 15 is 0 Å². The number of hydrogen-bond donors (Lipinski definition) is 0. The second kappa shape index (κ2) is 8.46. The van der Waals surface area contributed by atoms with Gasteiger partial charge in [0.15, 0.2) is 0 Å². The van der Waals surface area contributed by atoms with Gasteiger partial charge in [-0.15, -0.1) is 0 Å². The average Bonchev–Trinajstić information content (AvgIpc) is 2.95. The summed E-state index contributed by atoms with van der Waals surface area (Å²) in [5.74, 6) is 1.94. The fraction of sp³-hybridized carbons (Fsp3) is 0.900. The van der Waals surface area contributed by atoms with Crippen molar-refractivity contribution < 1.29 is 28.6 Å². The van der Waals surface area contributed by atoms with Crippen LogP contribution in [0, 0.1) is 46.8 Å². The van der Waals surface area contributed by atoms with Gasteiger partial charge in [0.1, 0.15) is 17.3 Å². The predicted octanol–water partition coefficient (Wildman–Crippen LogP) is 5.60. The molecule has 8 aliphatic rings. The van der Waals surface area contributed by atoms with E-state index in [0.29, 0.717) is 43.4 Å². The number of carbonyl (C=O) groups is 3. The smallest absolute Gasteiger partial charge is 0.312 e. The van der Waals surface area contributed by atoms with Crippen molar-refractivity contribution in [1.82, 2.24) is 0 Å². The lowest BCUT2D eigenvalue weighted by molar-refractivity contribution is -0.212. The van der Waals surface area contributed by atoms with Crippen LogP contribution in [-0.2, 0) is 28.6 Å². The molecule has 6 aliphatic carbocycles. The van der Waals surface area contributed by atoms with Crippen molar-refractivity contribution in [2.45, 2.75) is 122 Å². The first kappa shape index (κ1) is 24.7. The number of fused-ring (bicyclic) bond motifs is 1. The summed E-state index contributed by atoms with van der Waals surface area (Å²) in [6.45, 7) is 8.02. The van der Waals surface area contributed by atoms with E-state index in [1.807, 2.05) is 20.8 Å². The SMILES string of the molecule is CCC(CC(C)(C)C(=O)OC1(C)C2CC3CC(C2)CC1C3)C(=O)OC12CC3CC(C1)OC(=O)C(C3)C2. The lowest BCUT2D eigenvalue weighted by Gasteiger charge is -2.59. The summed E-state index contributed by atoms with van der Waals surface area (Å²) in [4.78, 5) is 39.5. The highest BCUT2D eigenvalue weighted by Gasteiger charge is 2.58. The van der Waals surface area contributed by atoms with Crippen LogP contribution in [0.5, 0.6) is 0 Å². The third-order valence-electron chi connectivity index (χ3n) is 11.2. The predicted molar refractivity (Wildman–Crippen MR) is 132 cm³/mol. The van der Waals surface area contributed by atoms with Crippen LogP contribution in [0.3, 0.4) is 0 Å². The molecule has 2 aliphatic heterocycles. The van der Waals surface area contributed by atoms with E-state index in [4.69, 9.17) is 14.2 Å². The Kier molecular flexibility index (Phi) is 5.81. The summed E-state index contributed by atoms with van der Waals surface area (Å²) in [6, 6.07) is 0. The second-order valence-electron chi connectivity index (χ2n) is 14.4. The van der Waals surface area contributed by atoms with Gasteiger partial charge in [-0.3, -0.25) is 14.4 Å². The van der Waals surface area contributed by atoms with E-state index < -0.39 is 11.0 Å². The van der Waals surface area contributed by atoms with Crippen LogP contribution in [0.4, 0.5) is 0 Å². The van der Waals surface area contributed by atoms with Gasteiger partial charge in [0.2, 0.25) is 0 Å². The van der Waals surface area contributed by atoms with Gasteiger partial charge in [-0.2, -0.15) is 0 Å².